The first kappa shape index (κ1) is 14.1. The zero-order valence-electron chi connectivity index (χ0n) is 11.4. The Morgan fingerprint density at radius 1 is 1.38 bits per heavy atom. The average molecular weight is 308 g/mol. The van der Waals surface area contributed by atoms with Gasteiger partial charge in [0.1, 0.15) is 12.0 Å². The van der Waals surface area contributed by atoms with Crippen molar-refractivity contribution in [2.75, 3.05) is 0 Å². The summed E-state index contributed by atoms with van der Waals surface area (Å²) in [6.07, 6.45) is 6.96. The molecule has 0 aliphatic heterocycles. The number of rotatable bonds is 4. The zero-order valence-corrected chi connectivity index (χ0v) is 12.3. The first-order valence-electron chi connectivity index (χ1n) is 6.95. The van der Waals surface area contributed by atoms with E-state index in [4.69, 9.17) is 9.52 Å². The highest BCUT2D eigenvalue weighted by Crippen LogP contribution is 2.31. The van der Waals surface area contributed by atoms with Gasteiger partial charge in [-0.2, -0.15) is 0 Å². The largest absolute Gasteiger partial charge is 0.502 e. The minimum absolute atomic E-state index is 0.364. The van der Waals surface area contributed by atoms with E-state index in [0.717, 1.165) is 24.3 Å². The van der Waals surface area contributed by atoms with Gasteiger partial charge in [0.05, 0.1) is 11.8 Å². The van der Waals surface area contributed by atoms with Crippen LogP contribution in [0.25, 0.3) is 0 Å². The van der Waals surface area contributed by atoms with Gasteiger partial charge in [0, 0.05) is 6.07 Å². The van der Waals surface area contributed by atoms with Crippen LogP contribution in [0.2, 0.25) is 0 Å². The molecule has 8 heteroatoms. The Balaban J connectivity index is 1.69. The number of hydrogen-bond donors (Lipinski definition) is 1. The van der Waals surface area contributed by atoms with Crippen LogP contribution in [-0.2, 0) is 5.75 Å². The smallest absolute Gasteiger partial charge is 0.226 e. The molecule has 2 heterocycles. The van der Waals surface area contributed by atoms with Crippen LogP contribution in [0.1, 0.15) is 43.9 Å². The van der Waals surface area contributed by atoms with Gasteiger partial charge in [0.2, 0.25) is 10.6 Å². The van der Waals surface area contributed by atoms with Gasteiger partial charge in [0.25, 0.3) is 0 Å². The average Bonchev–Trinajstić information content (AvgIpc) is 2.98. The fourth-order valence-corrected chi connectivity index (χ4v) is 3.33. The van der Waals surface area contributed by atoms with Crippen molar-refractivity contribution >= 4 is 11.8 Å². The molecule has 0 radical (unpaired) electrons. The van der Waals surface area contributed by atoms with Crippen molar-refractivity contribution in [1.82, 2.24) is 20.2 Å². The fraction of sp³-hybridized carbons (Fsp3) is 0.538. The van der Waals surface area contributed by atoms with Crippen molar-refractivity contribution in [3.63, 3.8) is 0 Å². The summed E-state index contributed by atoms with van der Waals surface area (Å²) in [7, 11) is 0. The molecule has 0 bridgehead atoms. The van der Waals surface area contributed by atoms with Gasteiger partial charge >= 0.3 is 0 Å². The van der Waals surface area contributed by atoms with Crippen LogP contribution in [0.3, 0.4) is 0 Å². The maximum atomic E-state index is 11.4. The summed E-state index contributed by atoms with van der Waals surface area (Å²) in [5.74, 6) is 0.555. The lowest BCUT2D eigenvalue weighted by molar-refractivity contribution is 0.307. The standard InChI is InChI=1S/C13H16N4O3S/c18-11-6-10(20-7-12(11)19)8-21-13-14-15-16-17(13)9-4-2-1-3-5-9/h6-7,9,19H,1-5,8H2. The lowest BCUT2D eigenvalue weighted by Gasteiger charge is -2.21. The number of nitrogens with zero attached hydrogens (tertiary/aromatic N) is 4. The molecule has 2 aromatic heterocycles. The third-order valence-corrected chi connectivity index (χ3v) is 4.55. The second kappa shape index (κ2) is 6.30. The van der Waals surface area contributed by atoms with Crippen LogP contribution in [0.4, 0.5) is 0 Å². The molecule has 0 aromatic carbocycles. The number of thioether (sulfide) groups is 1. The quantitative estimate of drug-likeness (QED) is 0.864. The Labute approximate surface area is 125 Å². The van der Waals surface area contributed by atoms with Gasteiger partial charge < -0.3 is 9.52 Å². The lowest BCUT2D eigenvalue weighted by atomic mass is 9.96. The van der Waals surface area contributed by atoms with Crippen LogP contribution in [-0.4, -0.2) is 25.3 Å². The van der Waals surface area contributed by atoms with Gasteiger partial charge in [-0.1, -0.05) is 31.0 Å². The zero-order chi connectivity index (χ0) is 14.7. The van der Waals surface area contributed by atoms with Crippen LogP contribution in [0.15, 0.2) is 26.7 Å². The second-order valence-electron chi connectivity index (χ2n) is 5.08. The summed E-state index contributed by atoms with van der Waals surface area (Å²) in [5.41, 5.74) is -0.441. The Bertz CT molecular complexity index is 663. The van der Waals surface area contributed by atoms with E-state index in [9.17, 15) is 4.79 Å². The van der Waals surface area contributed by atoms with E-state index in [1.54, 1.807) is 0 Å². The molecule has 2 aromatic rings. The van der Waals surface area contributed by atoms with Gasteiger partial charge in [0.15, 0.2) is 5.75 Å². The molecule has 0 spiro atoms. The van der Waals surface area contributed by atoms with Crippen molar-refractivity contribution in [3.8, 4) is 5.75 Å². The normalized spacial score (nSPS) is 16.2. The fourth-order valence-electron chi connectivity index (χ4n) is 2.49. The van der Waals surface area contributed by atoms with E-state index >= 15 is 0 Å². The van der Waals surface area contributed by atoms with E-state index in [1.165, 1.54) is 37.1 Å². The van der Waals surface area contributed by atoms with E-state index in [0.29, 0.717) is 17.6 Å². The number of hydrogen-bond acceptors (Lipinski definition) is 7. The van der Waals surface area contributed by atoms with E-state index in [1.807, 2.05) is 4.68 Å². The summed E-state index contributed by atoms with van der Waals surface area (Å²) >= 11 is 1.43. The molecule has 1 N–H and O–H groups in total. The number of aromatic hydroxyl groups is 1. The molecule has 0 unspecified atom stereocenters. The molecule has 112 valence electrons. The van der Waals surface area contributed by atoms with Crippen LogP contribution >= 0.6 is 11.8 Å². The van der Waals surface area contributed by atoms with Crippen molar-refractivity contribution in [3.05, 3.63) is 28.3 Å². The Morgan fingerprint density at radius 2 is 2.19 bits per heavy atom. The summed E-state index contributed by atoms with van der Waals surface area (Å²) in [4.78, 5) is 11.4. The minimum Gasteiger partial charge on any atom is -0.502 e. The summed E-state index contributed by atoms with van der Waals surface area (Å²) in [6, 6.07) is 1.65. The molecule has 0 saturated heterocycles. The maximum absolute atomic E-state index is 11.4. The molecular weight excluding hydrogens is 292 g/mol. The monoisotopic (exact) mass is 308 g/mol. The highest BCUT2D eigenvalue weighted by molar-refractivity contribution is 7.98. The van der Waals surface area contributed by atoms with E-state index in [-0.39, 0.29) is 5.75 Å². The van der Waals surface area contributed by atoms with Gasteiger partial charge in [-0.25, -0.2) is 4.68 Å². The van der Waals surface area contributed by atoms with Crippen molar-refractivity contribution in [2.24, 2.45) is 0 Å². The number of tetrazole rings is 1. The molecule has 7 nitrogen and oxygen atoms in total. The Kier molecular flexibility index (Phi) is 4.23. The van der Waals surface area contributed by atoms with Crippen LogP contribution in [0, 0.1) is 0 Å². The van der Waals surface area contributed by atoms with E-state index < -0.39 is 5.43 Å². The van der Waals surface area contributed by atoms with Gasteiger partial charge in [-0.05, 0) is 23.3 Å². The third-order valence-electron chi connectivity index (χ3n) is 3.59. The Morgan fingerprint density at radius 3 is 2.95 bits per heavy atom. The molecule has 1 aliphatic carbocycles. The predicted molar refractivity (Wildman–Crippen MR) is 76.1 cm³/mol. The van der Waals surface area contributed by atoms with Gasteiger partial charge in [-0.3, -0.25) is 4.79 Å². The Hall–Kier alpha value is -1.83. The molecule has 1 fully saturated rings. The first-order valence-corrected chi connectivity index (χ1v) is 7.94. The topological polar surface area (TPSA) is 94.0 Å². The lowest BCUT2D eigenvalue weighted by Crippen LogP contribution is -2.15. The van der Waals surface area contributed by atoms with Crippen LogP contribution < -0.4 is 5.43 Å². The van der Waals surface area contributed by atoms with Crippen LogP contribution in [0.5, 0.6) is 5.75 Å². The van der Waals surface area contributed by atoms with Crippen molar-refractivity contribution < 1.29 is 9.52 Å². The summed E-state index contributed by atoms with van der Waals surface area (Å²) in [5, 5.41) is 21.8. The molecular formula is C13H16N4O3S. The highest BCUT2D eigenvalue weighted by Gasteiger charge is 2.20. The van der Waals surface area contributed by atoms with Gasteiger partial charge in [-0.15, -0.1) is 5.10 Å². The molecule has 3 rings (SSSR count). The minimum atomic E-state index is -0.441. The molecule has 21 heavy (non-hydrogen) atoms. The third kappa shape index (κ3) is 3.26. The molecule has 1 aliphatic rings. The SMILES string of the molecule is O=c1cc(CSc2nnnn2C2CCCCC2)occ1O. The molecule has 0 amide bonds. The maximum Gasteiger partial charge on any atom is 0.226 e. The first-order chi connectivity index (χ1) is 10.2. The summed E-state index contributed by atoms with van der Waals surface area (Å²) in [6.45, 7) is 0. The number of aromatic nitrogens is 4. The van der Waals surface area contributed by atoms with E-state index in [2.05, 4.69) is 15.5 Å². The molecule has 1 saturated carbocycles. The van der Waals surface area contributed by atoms with Crippen molar-refractivity contribution in [2.45, 2.75) is 49.1 Å². The van der Waals surface area contributed by atoms with Crippen molar-refractivity contribution in [1.29, 1.82) is 0 Å². The molecule has 0 atom stereocenters. The highest BCUT2D eigenvalue weighted by atomic mass is 32.2. The summed E-state index contributed by atoms with van der Waals surface area (Å²) < 4.78 is 7.05. The second-order valence-corrected chi connectivity index (χ2v) is 6.02. The predicted octanol–water partition coefficient (Wildman–Crippen LogP) is 2.13.